The van der Waals surface area contributed by atoms with E-state index in [2.05, 4.69) is 5.32 Å². The summed E-state index contributed by atoms with van der Waals surface area (Å²) in [6.07, 6.45) is 0.520. The molecule has 0 aromatic heterocycles. The number of primary amides is 1. The second-order valence-electron chi connectivity index (χ2n) is 2.32. The summed E-state index contributed by atoms with van der Waals surface area (Å²) in [5, 5.41) is 3.05. The maximum atomic E-state index is 10.6. The molecule has 1 fully saturated rings. The molecule has 0 unspecified atom stereocenters. The average molecular weight is 144 g/mol. The molecule has 1 atom stereocenters. The monoisotopic (exact) mass is 144 g/mol. The summed E-state index contributed by atoms with van der Waals surface area (Å²) >= 11 is 0. The van der Waals surface area contributed by atoms with Gasteiger partial charge in [0, 0.05) is 13.2 Å². The average Bonchev–Trinajstić information content (AvgIpc) is 2.12. The fourth-order valence-electron chi connectivity index (χ4n) is 0.898. The second-order valence-corrected chi connectivity index (χ2v) is 2.32. The van der Waals surface area contributed by atoms with Crippen LogP contribution in [0.25, 0.3) is 0 Å². The molecule has 1 aliphatic heterocycles. The van der Waals surface area contributed by atoms with Crippen molar-refractivity contribution in [3.63, 3.8) is 0 Å². The Balaban J connectivity index is 2.35. The van der Waals surface area contributed by atoms with Crippen LogP contribution in [0.4, 0.5) is 0 Å². The lowest BCUT2D eigenvalue weighted by Gasteiger charge is -2.09. The second kappa shape index (κ2) is 3.53. The Labute approximate surface area is 59.7 Å². The molecule has 1 aliphatic rings. The molecule has 0 aliphatic carbocycles. The predicted octanol–water partition coefficient (Wildman–Crippen LogP) is -1.15. The first kappa shape index (κ1) is 7.50. The summed E-state index contributed by atoms with van der Waals surface area (Å²) in [6.45, 7) is 2.08. The minimum atomic E-state index is -0.428. The zero-order chi connectivity index (χ0) is 7.40. The molecule has 0 aromatic carbocycles. The Kier molecular flexibility index (Phi) is 2.65. The van der Waals surface area contributed by atoms with Gasteiger partial charge in [0.2, 0.25) is 5.91 Å². The number of hydrogen-bond acceptors (Lipinski definition) is 3. The smallest absolute Gasteiger partial charge is 0.247 e. The van der Waals surface area contributed by atoms with Crippen molar-refractivity contribution in [1.29, 1.82) is 0 Å². The van der Waals surface area contributed by atoms with Crippen LogP contribution in [0.15, 0.2) is 0 Å². The maximum Gasteiger partial charge on any atom is 0.247 e. The van der Waals surface area contributed by atoms with Gasteiger partial charge in [0.1, 0.15) is 6.10 Å². The van der Waals surface area contributed by atoms with Crippen LogP contribution in [-0.2, 0) is 9.53 Å². The molecule has 3 N–H and O–H groups in total. The van der Waals surface area contributed by atoms with Crippen molar-refractivity contribution in [2.24, 2.45) is 5.73 Å². The Morgan fingerprint density at radius 2 is 2.50 bits per heavy atom. The number of ether oxygens (including phenoxy) is 1. The van der Waals surface area contributed by atoms with Gasteiger partial charge in [-0.1, -0.05) is 0 Å². The largest absolute Gasteiger partial charge is 0.367 e. The highest BCUT2D eigenvalue weighted by molar-refractivity contribution is 5.79. The van der Waals surface area contributed by atoms with Crippen molar-refractivity contribution in [3.8, 4) is 0 Å². The van der Waals surface area contributed by atoms with Crippen molar-refractivity contribution >= 4 is 5.91 Å². The topological polar surface area (TPSA) is 64.4 Å². The van der Waals surface area contributed by atoms with Crippen molar-refractivity contribution in [2.45, 2.75) is 12.5 Å². The van der Waals surface area contributed by atoms with Crippen LogP contribution < -0.4 is 11.1 Å². The molecule has 4 heteroatoms. The van der Waals surface area contributed by atoms with Gasteiger partial charge in [-0.05, 0) is 13.0 Å². The van der Waals surface area contributed by atoms with E-state index in [-0.39, 0.29) is 5.91 Å². The van der Waals surface area contributed by atoms with Gasteiger partial charge in [0.05, 0.1) is 0 Å². The molecule has 4 nitrogen and oxygen atoms in total. The van der Waals surface area contributed by atoms with Gasteiger partial charge in [-0.2, -0.15) is 0 Å². The minimum Gasteiger partial charge on any atom is -0.367 e. The third-order valence-electron chi connectivity index (χ3n) is 1.46. The minimum absolute atomic E-state index is 0.380. The Hall–Kier alpha value is -0.610. The van der Waals surface area contributed by atoms with Gasteiger partial charge in [0.15, 0.2) is 0 Å². The lowest BCUT2D eigenvalue weighted by Crippen LogP contribution is -2.37. The first-order valence-electron chi connectivity index (χ1n) is 3.42. The summed E-state index contributed by atoms with van der Waals surface area (Å²) in [7, 11) is 0. The van der Waals surface area contributed by atoms with Crippen molar-refractivity contribution in [1.82, 2.24) is 5.32 Å². The third-order valence-corrected chi connectivity index (χ3v) is 1.46. The Morgan fingerprint density at radius 3 is 3.20 bits per heavy atom. The number of carbonyl (C=O) groups is 1. The summed E-state index contributed by atoms with van der Waals surface area (Å²) in [6, 6.07) is 0. The molecule has 1 saturated heterocycles. The highest BCUT2D eigenvalue weighted by Crippen LogP contribution is 1.95. The van der Waals surface area contributed by atoms with Gasteiger partial charge in [-0.3, -0.25) is 4.79 Å². The van der Waals surface area contributed by atoms with Gasteiger partial charge in [-0.25, -0.2) is 0 Å². The molecule has 0 bridgehead atoms. The maximum absolute atomic E-state index is 10.6. The quantitative estimate of drug-likeness (QED) is 0.488. The van der Waals surface area contributed by atoms with E-state index in [4.69, 9.17) is 10.5 Å². The number of amides is 1. The van der Waals surface area contributed by atoms with E-state index in [1.54, 1.807) is 0 Å². The van der Waals surface area contributed by atoms with E-state index >= 15 is 0 Å². The standard InChI is InChI=1S/C6H12N2O2/c7-6(9)5-4-8-2-1-3-10-5/h5,8H,1-4H2,(H2,7,9)/t5-/m1/s1. The third kappa shape index (κ3) is 1.97. The van der Waals surface area contributed by atoms with E-state index < -0.39 is 6.10 Å². The van der Waals surface area contributed by atoms with Crippen LogP contribution in [-0.4, -0.2) is 31.7 Å². The summed E-state index contributed by atoms with van der Waals surface area (Å²) in [5.41, 5.74) is 5.03. The highest BCUT2D eigenvalue weighted by Gasteiger charge is 2.16. The fourth-order valence-corrected chi connectivity index (χ4v) is 0.898. The van der Waals surface area contributed by atoms with Gasteiger partial charge in [0.25, 0.3) is 0 Å². The normalized spacial score (nSPS) is 27.4. The first-order valence-corrected chi connectivity index (χ1v) is 3.42. The molecule has 0 saturated carbocycles. The molecule has 1 amide bonds. The number of nitrogens with one attached hydrogen (secondary N) is 1. The van der Waals surface area contributed by atoms with E-state index in [1.807, 2.05) is 0 Å². The zero-order valence-electron chi connectivity index (χ0n) is 5.80. The van der Waals surface area contributed by atoms with Gasteiger partial charge >= 0.3 is 0 Å². The zero-order valence-corrected chi connectivity index (χ0v) is 5.80. The van der Waals surface area contributed by atoms with Crippen LogP contribution in [0.1, 0.15) is 6.42 Å². The molecule has 10 heavy (non-hydrogen) atoms. The van der Waals surface area contributed by atoms with E-state index in [9.17, 15) is 4.79 Å². The number of hydrogen-bond donors (Lipinski definition) is 2. The lowest BCUT2D eigenvalue weighted by molar-refractivity contribution is -0.128. The van der Waals surface area contributed by atoms with Gasteiger partial charge < -0.3 is 15.8 Å². The van der Waals surface area contributed by atoms with Crippen LogP contribution in [0.3, 0.4) is 0 Å². The lowest BCUT2D eigenvalue weighted by atomic mass is 10.3. The molecule has 0 spiro atoms. The molecule has 0 radical (unpaired) electrons. The van der Waals surface area contributed by atoms with E-state index in [0.29, 0.717) is 13.2 Å². The molecular formula is C6H12N2O2. The Bertz CT molecular complexity index is 119. The first-order chi connectivity index (χ1) is 4.80. The number of carbonyl (C=O) groups excluding carboxylic acids is 1. The summed E-state index contributed by atoms with van der Waals surface area (Å²) in [5.74, 6) is -0.380. The molecule has 58 valence electrons. The molecule has 0 aromatic rings. The van der Waals surface area contributed by atoms with Crippen LogP contribution in [0, 0.1) is 0 Å². The molecular weight excluding hydrogens is 132 g/mol. The molecule has 1 rings (SSSR count). The van der Waals surface area contributed by atoms with Crippen LogP contribution in [0.2, 0.25) is 0 Å². The highest BCUT2D eigenvalue weighted by atomic mass is 16.5. The van der Waals surface area contributed by atoms with Crippen LogP contribution in [0.5, 0.6) is 0 Å². The van der Waals surface area contributed by atoms with Crippen molar-refractivity contribution < 1.29 is 9.53 Å². The number of rotatable bonds is 1. The van der Waals surface area contributed by atoms with Crippen molar-refractivity contribution in [3.05, 3.63) is 0 Å². The predicted molar refractivity (Wildman–Crippen MR) is 36.4 cm³/mol. The van der Waals surface area contributed by atoms with Crippen LogP contribution >= 0.6 is 0 Å². The van der Waals surface area contributed by atoms with Crippen molar-refractivity contribution in [2.75, 3.05) is 19.7 Å². The SMILES string of the molecule is NC(=O)[C@H]1CNCCCO1. The number of nitrogens with two attached hydrogens (primary N) is 1. The Morgan fingerprint density at radius 1 is 1.70 bits per heavy atom. The van der Waals surface area contributed by atoms with Gasteiger partial charge in [-0.15, -0.1) is 0 Å². The van der Waals surface area contributed by atoms with E-state index in [0.717, 1.165) is 13.0 Å². The summed E-state index contributed by atoms with van der Waals surface area (Å²) < 4.78 is 5.13. The molecule has 1 heterocycles. The fraction of sp³-hybridized carbons (Fsp3) is 0.833. The van der Waals surface area contributed by atoms with E-state index in [1.165, 1.54) is 0 Å². The summed E-state index contributed by atoms with van der Waals surface area (Å²) in [4.78, 5) is 10.6.